The molecule has 0 radical (unpaired) electrons. The molecule has 1 aromatic carbocycles. The molecule has 0 spiro atoms. The lowest BCUT2D eigenvalue weighted by molar-refractivity contribution is -0.384. The molecular formula is C10H12N4O4. The molecule has 0 aliphatic carbocycles. The highest BCUT2D eigenvalue weighted by Gasteiger charge is 2.09. The van der Waals surface area contributed by atoms with Crippen LogP contribution in [0.1, 0.15) is 16.8 Å². The second kappa shape index (κ2) is 6.30. The smallest absolute Gasteiger partial charge is 0.269 e. The fourth-order valence-corrected chi connectivity index (χ4v) is 1.20. The van der Waals surface area contributed by atoms with Crippen LogP contribution in [-0.2, 0) is 4.79 Å². The van der Waals surface area contributed by atoms with Gasteiger partial charge >= 0.3 is 0 Å². The number of carbonyl (C=O) groups excluding carboxylic acids is 2. The third kappa shape index (κ3) is 3.83. The first-order valence-electron chi connectivity index (χ1n) is 5.06. The number of hydrogen-bond acceptors (Lipinski definition) is 5. The number of rotatable bonds is 5. The average molecular weight is 252 g/mol. The van der Waals surface area contributed by atoms with Crippen LogP contribution in [0.25, 0.3) is 0 Å². The molecule has 0 saturated heterocycles. The van der Waals surface area contributed by atoms with E-state index in [2.05, 4.69) is 5.32 Å². The first-order valence-corrected chi connectivity index (χ1v) is 5.06. The van der Waals surface area contributed by atoms with Gasteiger partial charge in [-0.25, -0.2) is 5.84 Å². The summed E-state index contributed by atoms with van der Waals surface area (Å²) < 4.78 is 0. The number of non-ortho nitro benzene ring substituents is 1. The SMILES string of the molecule is NNC(=O)CCNC(=O)c1ccc([N+](=O)[O-])cc1. The zero-order chi connectivity index (χ0) is 13.5. The Balaban J connectivity index is 2.51. The molecule has 0 aromatic heterocycles. The lowest BCUT2D eigenvalue weighted by Crippen LogP contribution is -2.34. The van der Waals surface area contributed by atoms with Crippen LogP contribution in [0.5, 0.6) is 0 Å². The molecule has 2 amide bonds. The van der Waals surface area contributed by atoms with Crippen LogP contribution in [-0.4, -0.2) is 23.3 Å². The van der Waals surface area contributed by atoms with E-state index in [1.165, 1.54) is 24.3 Å². The van der Waals surface area contributed by atoms with E-state index in [4.69, 9.17) is 5.84 Å². The molecule has 1 rings (SSSR count). The summed E-state index contributed by atoms with van der Waals surface area (Å²) in [7, 11) is 0. The molecule has 8 nitrogen and oxygen atoms in total. The van der Waals surface area contributed by atoms with E-state index >= 15 is 0 Å². The van der Waals surface area contributed by atoms with Gasteiger partial charge in [0.15, 0.2) is 0 Å². The summed E-state index contributed by atoms with van der Waals surface area (Å²) in [4.78, 5) is 32.2. The van der Waals surface area contributed by atoms with Crippen LogP contribution in [0.3, 0.4) is 0 Å². The van der Waals surface area contributed by atoms with Crippen molar-refractivity contribution in [3.05, 3.63) is 39.9 Å². The zero-order valence-electron chi connectivity index (χ0n) is 9.38. The third-order valence-electron chi connectivity index (χ3n) is 2.14. The van der Waals surface area contributed by atoms with Gasteiger partial charge in [0.1, 0.15) is 0 Å². The van der Waals surface area contributed by atoms with Crippen molar-refractivity contribution in [3.8, 4) is 0 Å². The summed E-state index contributed by atoms with van der Waals surface area (Å²) in [6, 6.07) is 5.16. The summed E-state index contributed by atoms with van der Waals surface area (Å²) in [6.45, 7) is 0.138. The molecule has 0 fully saturated rings. The second-order valence-corrected chi connectivity index (χ2v) is 3.38. The minimum Gasteiger partial charge on any atom is -0.352 e. The van der Waals surface area contributed by atoms with Crippen LogP contribution in [0.4, 0.5) is 5.69 Å². The molecule has 0 unspecified atom stereocenters. The monoisotopic (exact) mass is 252 g/mol. The lowest BCUT2D eigenvalue weighted by atomic mass is 10.2. The van der Waals surface area contributed by atoms with Crippen molar-refractivity contribution in [1.29, 1.82) is 0 Å². The van der Waals surface area contributed by atoms with Gasteiger partial charge in [-0.2, -0.15) is 0 Å². The van der Waals surface area contributed by atoms with Crippen LogP contribution in [0.2, 0.25) is 0 Å². The summed E-state index contributed by atoms with van der Waals surface area (Å²) >= 11 is 0. The van der Waals surface area contributed by atoms with Gasteiger partial charge in [0.05, 0.1) is 4.92 Å². The van der Waals surface area contributed by atoms with Gasteiger partial charge in [-0.15, -0.1) is 0 Å². The molecular weight excluding hydrogens is 240 g/mol. The number of nitrogens with two attached hydrogens (primary N) is 1. The Morgan fingerprint density at radius 3 is 2.39 bits per heavy atom. The van der Waals surface area contributed by atoms with Crippen molar-refractivity contribution >= 4 is 17.5 Å². The highest BCUT2D eigenvalue weighted by atomic mass is 16.6. The molecule has 96 valence electrons. The number of hydrazine groups is 1. The van der Waals surface area contributed by atoms with Gasteiger partial charge in [-0.1, -0.05) is 0 Å². The highest BCUT2D eigenvalue weighted by Crippen LogP contribution is 2.11. The molecule has 0 atom stereocenters. The number of carbonyl (C=O) groups is 2. The quantitative estimate of drug-likeness (QED) is 0.287. The minimum atomic E-state index is -0.548. The largest absolute Gasteiger partial charge is 0.352 e. The average Bonchev–Trinajstić information content (AvgIpc) is 2.38. The molecule has 8 heteroatoms. The van der Waals surface area contributed by atoms with Crippen molar-refractivity contribution in [2.45, 2.75) is 6.42 Å². The summed E-state index contributed by atoms with van der Waals surface area (Å²) in [6.07, 6.45) is 0.0647. The Morgan fingerprint density at radius 1 is 1.28 bits per heavy atom. The lowest BCUT2D eigenvalue weighted by Gasteiger charge is -2.04. The topological polar surface area (TPSA) is 127 Å². The van der Waals surface area contributed by atoms with E-state index in [0.29, 0.717) is 0 Å². The predicted molar refractivity (Wildman–Crippen MR) is 62.4 cm³/mol. The van der Waals surface area contributed by atoms with Crippen molar-refractivity contribution in [3.63, 3.8) is 0 Å². The fourth-order valence-electron chi connectivity index (χ4n) is 1.20. The molecule has 0 heterocycles. The van der Waals surface area contributed by atoms with Crippen molar-refractivity contribution in [2.75, 3.05) is 6.54 Å². The van der Waals surface area contributed by atoms with Crippen LogP contribution < -0.4 is 16.6 Å². The maximum Gasteiger partial charge on any atom is 0.269 e. The Labute approximate surface area is 102 Å². The van der Waals surface area contributed by atoms with E-state index in [9.17, 15) is 19.7 Å². The first kappa shape index (κ1) is 13.6. The Morgan fingerprint density at radius 2 is 1.89 bits per heavy atom. The van der Waals surface area contributed by atoms with Crippen LogP contribution in [0, 0.1) is 10.1 Å². The van der Waals surface area contributed by atoms with Crippen LogP contribution >= 0.6 is 0 Å². The van der Waals surface area contributed by atoms with Crippen molar-refractivity contribution in [2.24, 2.45) is 5.84 Å². The van der Waals surface area contributed by atoms with Crippen LogP contribution in [0.15, 0.2) is 24.3 Å². The number of benzene rings is 1. The van der Waals surface area contributed by atoms with E-state index in [1.807, 2.05) is 5.43 Å². The Kier molecular flexibility index (Phi) is 4.76. The van der Waals surface area contributed by atoms with Gasteiger partial charge in [-0.05, 0) is 12.1 Å². The predicted octanol–water partition coefficient (Wildman–Crippen LogP) is -0.295. The number of nitrogens with zero attached hydrogens (tertiary/aromatic N) is 1. The van der Waals surface area contributed by atoms with Gasteiger partial charge in [-0.3, -0.25) is 25.1 Å². The number of nitrogens with one attached hydrogen (secondary N) is 2. The molecule has 0 bridgehead atoms. The van der Waals surface area contributed by atoms with E-state index in [1.54, 1.807) is 0 Å². The number of hydrogen-bond donors (Lipinski definition) is 3. The standard InChI is InChI=1S/C10H12N4O4/c11-13-9(15)5-6-12-10(16)7-1-3-8(4-2-7)14(17)18/h1-4H,5-6,11H2,(H,12,16)(H,13,15). The van der Waals surface area contributed by atoms with Crippen molar-refractivity contribution in [1.82, 2.24) is 10.7 Å². The van der Waals surface area contributed by atoms with Gasteiger partial charge < -0.3 is 5.32 Å². The third-order valence-corrected chi connectivity index (χ3v) is 2.14. The molecule has 4 N–H and O–H groups in total. The van der Waals surface area contributed by atoms with Gasteiger partial charge in [0.2, 0.25) is 5.91 Å². The normalized spacial score (nSPS) is 9.61. The minimum absolute atomic E-state index is 0.0647. The molecule has 1 aromatic rings. The Hall–Kier alpha value is -2.48. The maximum atomic E-state index is 11.6. The number of nitro groups is 1. The molecule has 0 aliphatic rings. The van der Waals surface area contributed by atoms with Crippen molar-refractivity contribution < 1.29 is 14.5 Å². The molecule has 0 aliphatic heterocycles. The van der Waals surface area contributed by atoms with E-state index < -0.39 is 10.8 Å². The summed E-state index contributed by atoms with van der Waals surface area (Å²) in [5, 5.41) is 12.9. The second-order valence-electron chi connectivity index (χ2n) is 3.38. The zero-order valence-corrected chi connectivity index (χ0v) is 9.38. The maximum absolute atomic E-state index is 11.6. The molecule has 0 saturated carbocycles. The fraction of sp³-hybridized carbons (Fsp3) is 0.200. The van der Waals surface area contributed by atoms with Gasteiger partial charge in [0.25, 0.3) is 11.6 Å². The number of amides is 2. The summed E-state index contributed by atoms with van der Waals surface area (Å²) in [5.74, 6) is 4.07. The highest BCUT2D eigenvalue weighted by molar-refractivity contribution is 5.94. The van der Waals surface area contributed by atoms with E-state index in [-0.39, 0.29) is 30.1 Å². The van der Waals surface area contributed by atoms with E-state index in [0.717, 1.165) is 0 Å². The Bertz CT molecular complexity index is 457. The summed E-state index contributed by atoms with van der Waals surface area (Å²) in [5.41, 5.74) is 2.13. The number of nitro benzene ring substituents is 1. The van der Waals surface area contributed by atoms with Gasteiger partial charge in [0, 0.05) is 30.7 Å². The molecule has 18 heavy (non-hydrogen) atoms. The first-order chi connectivity index (χ1) is 8.54.